The van der Waals surface area contributed by atoms with Crippen molar-refractivity contribution in [2.45, 2.75) is 31.6 Å². The summed E-state index contributed by atoms with van der Waals surface area (Å²) in [6.07, 6.45) is 6.68. The van der Waals surface area contributed by atoms with Crippen LogP contribution in [-0.4, -0.2) is 64.5 Å². The van der Waals surface area contributed by atoms with Gasteiger partial charge in [-0.2, -0.15) is 5.01 Å². The zero-order valence-electron chi connectivity index (χ0n) is 31.3. The molecule has 4 amide bonds. The van der Waals surface area contributed by atoms with E-state index in [-0.39, 0.29) is 47.8 Å². The van der Waals surface area contributed by atoms with Crippen molar-refractivity contribution in [3.05, 3.63) is 131 Å². The number of phenols is 2. The molecule has 0 unspecified atom stereocenters. The number of imide groups is 2. The monoisotopic (exact) mass is 753 g/mol. The van der Waals surface area contributed by atoms with E-state index in [4.69, 9.17) is 9.47 Å². The van der Waals surface area contributed by atoms with E-state index >= 15 is 4.79 Å². The van der Waals surface area contributed by atoms with Crippen LogP contribution in [0.1, 0.15) is 35.1 Å². The molecule has 286 valence electrons. The van der Waals surface area contributed by atoms with Crippen LogP contribution in [0.2, 0.25) is 0 Å². The molecule has 2 aliphatic heterocycles. The Kier molecular flexibility index (Phi) is 9.40. The number of hydrogen-bond donors (Lipinski definition) is 3. The molecule has 4 aromatic carbocycles. The Morgan fingerprint density at radius 1 is 0.839 bits per heavy atom. The molecule has 2 heterocycles. The number of nitrogens with zero attached hydrogens (tertiary/aromatic N) is 2. The predicted molar refractivity (Wildman–Crippen MR) is 208 cm³/mol. The van der Waals surface area contributed by atoms with Gasteiger partial charge < -0.3 is 19.7 Å². The van der Waals surface area contributed by atoms with E-state index in [2.05, 4.69) is 5.43 Å². The van der Waals surface area contributed by atoms with Gasteiger partial charge in [0.1, 0.15) is 5.75 Å². The molecule has 4 aliphatic rings. The number of likely N-dealkylation sites (tertiary alicyclic amines) is 1. The maximum Gasteiger partial charge on any atom is 0.260 e. The SMILES string of the molecule is COc1cc(C=C[C@H]2C3=CC[C@@H]4C(=O)N(CCc5ccc(O)cc5)C(=O)[C@@H]4[C@@H]3C[C@H]3C(=O)N(Nc4ccc(C)cc4)C(=O)[C@@]23c2ccccc2)cc(OC)c1O. The fraction of sp³-hybridized carbons (Fsp3) is 0.289. The third-order valence-corrected chi connectivity index (χ3v) is 12.1. The fourth-order valence-electron chi connectivity index (χ4n) is 9.40. The molecular weight excluding hydrogens is 711 g/mol. The molecule has 0 bridgehead atoms. The van der Waals surface area contributed by atoms with E-state index in [1.807, 2.05) is 79.7 Å². The molecule has 8 rings (SSSR count). The first-order valence-electron chi connectivity index (χ1n) is 18.8. The Balaban J connectivity index is 1.24. The van der Waals surface area contributed by atoms with Gasteiger partial charge in [-0.25, -0.2) is 0 Å². The maximum atomic E-state index is 15.3. The van der Waals surface area contributed by atoms with Crippen molar-refractivity contribution in [3.63, 3.8) is 0 Å². The van der Waals surface area contributed by atoms with Crippen molar-refractivity contribution < 1.29 is 38.9 Å². The summed E-state index contributed by atoms with van der Waals surface area (Å²) in [6, 6.07) is 26.8. The number of aryl methyl sites for hydroxylation is 1. The van der Waals surface area contributed by atoms with Crippen LogP contribution in [0.15, 0.2) is 109 Å². The number of allylic oxidation sites excluding steroid dienone is 3. The normalized spacial score (nSPS) is 25.6. The number of carbonyl (C=O) groups is 4. The summed E-state index contributed by atoms with van der Waals surface area (Å²) in [4.78, 5) is 59.9. The van der Waals surface area contributed by atoms with Gasteiger partial charge in [-0.1, -0.05) is 84.0 Å². The van der Waals surface area contributed by atoms with Gasteiger partial charge in [0.15, 0.2) is 11.5 Å². The lowest BCUT2D eigenvalue weighted by Gasteiger charge is -2.49. The Hall–Kier alpha value is -6.36. The molecule has 0 spiro atoms. The Morgan fingerprint density at radius 2 is 1.52 bits per heavy atom. The second-order valence-electron chi connectivity index (χ2n) is 15.0. The van der Waals surface area contributed by atoms with E-state index in [0.717, 1.165) is 21.7 Å². The van der Waals surface area contributed by atoms with Crippen LogP contribution in [0.5, 0.6) is 23.0 Å². The van der Waals surface area contributed by atoms with E-state index in [9.17, 15) is 24.6 Å². The molecule has 2 aliphatic carbocycles. The zero-order chi connectivity index (χ0) is 39.3. The second-order valence-corrected chi connectivity index (χ2v) is 15.0. The number of aromatic hydroxyl groups is 2. The minimum atomic E-state index is -1.41. The molecule has 3 fully saturated rings. The average molecular weight is 754 g/mol. The summed E-state index contributed by atoms with van der Waals surface area (Å²) in [5, 5.41) is 21.5. The van der Waals surface area contributed by atoms with Gasteiger partial charge in [0.25, 0.3) is 11.8 Å². The van der Waals surface area contributed by atoms with Crippen molar-refractivity contribution in [3.8, 4) is 23.0 Å². The van der Waals surface area contributed by atoms with Gasteiger partial charge in [-0.3, -0.25) is 29.5 Å². The molecule has 2 saturated heterocycles. The van der Waals surface area contributed by atoms with Crippen molar-refractivity contribution in [1.82, 2.24) is 9.91 Å². The highest BCUT2D eigenvalue weighted by Gasteiger charge is 2.69. The number of hydrazine groups is 1. The zero-order valence-corrected chi connectivity index (χ0v) is 31.3. The molecular formula is C45H43N3O8. The number of carbonyl (C=O) groups excluding carboxylic acids is 4. The van der Waals surface area contributed by atoms with Crippen LogP contribution < -0.4 is 14.9 Å². The molecule has 1 saturated carbocycles. The summed E-state index contributed by atoms with van der Waals surface area (Å²) < 4.78 is 10.9. The highest BCUT2D eigenvalue weighted by atomic mass is 16.5. The van der Waals surface area contributed by atoms with Crippen molar-refractivity contribution >= 4 is 35.4 Å². The smallest absolute Gasteiger partial charge is 0.260 e. The third kappa shape index (κ3) is 5.89. The second kappa shape index (κ2) is 14.4. The number of ether oxygens (including phenoxy) is 2. The Labute approximate surface area is 324 Å². The quantitative estimate of drug-likeness (QED) is 0.127. The van der Waals surface area contributed by atoms with Crippen molar-refractivity contribution in [2.24, 2.45) is 29.6 Å². The van der Waals surface area contributed by atoms with Crippen LogP contribution in [0.25, 0.3) is 6.08 Å². The van der Waals surface area contributed by atoms with Crippen molar-refractivity contribution in [2.75, 3.05) is 26.2 Å². The minimum Gasteiger partial charge on any atom is -0.508 e. The fourth-order valence-corrected chi connectivity index (χ4v) is 9.40. The van der Waals surface area contributed by atoms with Gasteiger partial charge >= 0.3 is 0 Å². The van der Waals surface area contributed by atoms with Gasteiger partial charge in [0, 0.05) is 12.5 Å². The average Bonchev–Trinajstić information content (AvgIpc) is 3.58. The number of rotatable bonds is 10. The van der Waals surface area contributed by atoms with Crippen LogP contribution in [0.3, 0.4) is 0 Å². The first-order chi connectivity index (χ1) is 27.1. The summed E-state index contributed by atoms with van der Waals surface area (Å²) >= 11 is 0. The number of hydrogen-bond acceptors (Lipinski definition) is 9. The molecule has 56 heavy (non-hydrogen) atoms. The topological polar surface area (TPSA) is 146 Å². The standard InChI is InChI=1S/C45H43N3O8/c1-26-9-14-30(15-10-26)46-48-42(52)36-25-34-32(18-19-33-39(34)43(53)47(41(33)51)22-21-27-11-16-31(49)17-12-27)35(45(36,44(48)54)29-7-5-4-6-8-29)20-13-28-23-37(55-2)40(50)38(24-28)56-3/h4-18,20,23-24,33-36,39,46,49-50H,19,21-22,25H2,1-3H3/t33-,34+,35-,36-,39-,45-/m0/s1. The lowest BCUT2D eigenvalue weighted by Crippen LogP contribution is -2.54. The van der Waals surface area contributed by atoms with Gasteiger partial charge in [0.2, 0.25) is 17.6 Å². The molecule has 0 radical (unpaired) electrons. The van der Waals surface area contributed by atoms with Crippen LogP contribution in [0, 0.1) is 36.5 Å². The predicted octanol–water partition coefficient (Wildman–Crippen LogP) is 6.20. The summed E-state index contributed by atoms with van der Waals surface area (Å²) in [5.74, 6) is -4.35. The number of benzene rings is 4. The number of fused-ring (bicyclic) bond motifs is 4. The van der Waals surface area contributed by atoms with E-state index in [1.54, 1.807) is 36.4 Å². The van der Waals surface area contributed by atoms with Crippen molar-refractivity contribution in [1.29, 1.82) is 0 Å². The number of nitrogens with one attached hydrogen (secondary N) is 1. The number of phenolic OH excluding ortho intramolecular Hbond substituents is 2. The van der Waals surface area contributed by atoms with Gasteiger partial charge in [-0.05, 0) is 85.2 Å². The highest BCUT2D eigenvalue weighted by molar-refractivity contribution is 6.13. The Bertz CT molecular complexity index is 2240. The molecule has 6 atom stereocenters. The lowest BCUT2D eigenvalue weighted by atomic mass is 9.50. The third-order valence-electron chi connectivity index (χ3n) is 12.1. The molecule has 3 N–H and O–H groups in total. The lowest BCUT2D eigenvalue weighted by molar-refractivity contribution is -0.141. The molecule has 0 aromatic heterocycles. The number of amides is 4. The van der Waals surface area contributed by atoms with Gasteiger partial charge in [0.05, 0.1) is 43.1 Å². The van der Waals surface area contributed by atoms with E-state index in [0.29, 0.717) is 29.7 Å². The van der Waals surface area contributed by atoms with Crippen LogP contribution in [-0.2, 0) is 31.0 Å². The van der Waals surface area contributed by atoms with E-state index in [1.165, 1.54) is 19.1 Å². The number of methoxy groups -OCH3 is 2. The first-order valence-corrected chi connectivity index (χ1v) is 18.8. The minimum absolute atomic E-state index is 0.135. The molecule has 11 heteroatoms. The van der Waals surface area contributed by atoms with Gasteiger partial charge in [-0.15, -0.1) is 0 Å². The maximum absolute atomic E-state index is 15.3. The Morgan fingerprint density at radius 3 is 2.18 bits per heavy atom. The highest BCUT2D eigenvalue weighted by Crippen LogP contribution is 2.61. The first kappa shape index (κ1) is 36.6. The van der Waals surface area contributed by atoms with Crippen LogP contribution in [0.4, 0.5) is 5.69 Å². The molecule has 11 nitrogen and oxygen atoms in total. The van der Waals surface area contributed by atoms with E-state index < -0.39 is 46.8 Å². The largest absolute Gasteiger partial charge is 0.508 e. The summed E-state index contributed by atoms with van der Waals surface area (Å²) in [7, 11) is 2.89. The molecule has 4 aromatic rings. The van der Waals surface area contributed by atoms with Crippen LogP contribution >= 0.6 is 0 Å². The summed E-state index contributed by atoms with van der Waals surface area (Å²) in [5.41, 5.74) is 6.31. The summed E-state index contributed by atoms with van der Waals surface area (Å²) in [6.45, 7) is 2.14. The number of anilines is 1.